The maximum Gasteiger partial charge on any atom is 0.263 e. The first-order chi connectivity index (χ1) is 10.6. The van der Waals surface area contributed by atoms with Crippen LogP contribution in [0.2, 0.25) is 0 Å². The van der Waals surface area contributed by atoms with E-state index in [2.05, 4.69) is 30.1 Å². The Hall–Kier alpha value is -1.53. The Bertz CT molecular complexity index is 610. The lowest BCUT2D eigenvalue weighted by Crippen LogP contribution is -2.21. The minimum atomic E-state index is -0.148. The maximum atomic E-state index is 11.8. The van der Waals surface area contributed by atoms with Gasteiger partial charge in [0.25, 0.3) is 5.91 Å². The standard InChI is InChI=1S/C16H20N2O2S2/c1-4-18(5-2)12-8-7-11(13(10-12)20-6-3)9-14-15(19)17-16(21)22-14/h7-10H,4-6H2,1-3H3,(H,17,19,21)/b14-9-. The van der Waals surface area contributed by atoms with Gasteiger partial charge in [-0.3, -0.25) is 4.79 Å². The summed E-state index contributed by atoms with van der Waals surface area (Å²) in [6, 6.07) is 6.07. The Morgan fingerprint density at radius 2 is 2.05 bits per heavy atom. The van der Waals surface area contributed by atoms with E-state index in [1.54, 1.807) is 0 Å². The fourth-order valence-corrected chi connectivity index (χ4v) is 3.31. The highest BCUT2D eigenvalue weighted by molar-refractivity contribution is 8.26. The van der Waals surface area contributed by atoms with Crippen LogP contribution >= 0.6 is 24.0 Å². The summed E-state index contributed by atoms with van der Waals surface area (Å²) in [6.07, 6.45) is 1.83. The van der Waals surface area contributed by atoms with E-state index >= 15 is 0 Å². The number of nitrogens with zero attached hydrogens (tertiary/aromatic N) is 1. The Morgan fingerprint density at radius 3 is 2.59 bits per heavy atom. The van der Waals surface area contributed by atoms with Crippen molar-refractivity contribution in [3.05, 3.63) is 28.7 Å². The van der Waals surface area contributed by atoms with Crippen LogP contribution in [0.15, 0.2) is 23.1 Å². The quantitative estimate of drug-likeness (QED) is 0.637. The lowest BCUT2D eigenvalue weighted by molar-refractivity contribution is -0.115. The van der Waals surface area contributed by atoms with Crippen LogP contribution in [0.3, 0.4) is 0 Å². The SMILES string of the molecule is CCOc1cc(N(CC)CC)ccc1/C=C1\SC(=S)NC1=O. The fourth-order valence-electron chi connectivity index (χ4n) is 2.27. The maximum absolute atomic E-state index is 11.8. The van der Waals surface area contributed by atoms with Gasteiger partial charge in [-0.2, -0.15) is 0 Å². The zero-order valence-electron chi connectivity index (χ0n) is 13.0. The number of anilines is 1. The van der Waals surface area contributed by atoms with E-state index in [-0.39, 0.29) is 5.91 Å². The molecule has 1 aliphatic heterocycles. The summed E-state index contributed by atoms with van der Waals surface area (Å²) in [6.45, 7) is 8.66. The summed E-state index contributed by atoms with van der Waals surface area (Å²) in [5.41, 5.74) is 2.01. The second-order valence-electron chi connectivity index (χ2n) is 4.68. The number of thioether (sulfide) groups is 1. The average molecular weight is 336 g/mol. The van der Waals surface area contributed by atoms with Crippen LogP contribution in [0.4, 0.5) is 5.69 Å². The zero-order chi connectivity index (χ0) is 16.1. The van der Waals surface area contributed by atoms with Crippen LogP contribution in [-0.4, -0.2) is 29.9 Å². The number of benzene rings is 1. The smallest absolute Gasteiger partial charge is 0.263 e. The van der Waals surface area contributed by atoms with Gasteiger partial charge in [0.1, 0.15) is 10.1 Å². The van der Waals surface area contributed by atoms with E-state index in [1.165, 1.54) is 11.8 Å². The number of nitrogens with one attached hydrogen (secondary N) is 1. The van der Waals surface area contributed by atoms with Crippen molar-refractivity contribution >= 4 is 46.0 Å². The third-order valence-electron chi connectivity index (χ3n) is 3.35. The third kappa shape index (κ3) is 3.81. The van der Waals surface area contributed by atoms with Crippen LogP contribution in [0.1, 0.15) is 26.3 Å². The van der Waals surface area contributed by atoms with E-state index in [9.17, 15) is 4.79 Å². The topological polar surface area (TPSA) is 41.6 Å². The van der Waals surface area contributed by atoms with Gasteiger partial charge in [-0.1, -0.05) is 24.0 Å². The highest BCUT2D eigenvalue weighted by Crippen LogP contribution is 2.32. The summed E-state index contributed by atoms with van der Waals surface area (Å²) >= 11 is 6.29. The Kier molecular flexibility index (Phi) is 5.85. The molecule has 0 aromatic heterocycles. The fraction of sp³-hybridized carbons (Fsp3) is 0.375. The molecule has 0 atom stereocenters. The van der Waals surface area contributed by atoms with Crippen LogP contribution in [0.5, 0.6) is 5.75 Å². The van der Waals surface area contributed by atoms with E-state index in [0.717, 1.165) is 30.1 Å². The number of amides is 1. The van der Waals surface area contributed by atoms with Crippen LogP contribution in [0.25, 0.3) is 6.08 Å². The molecule has 6 heteroatoms. The van der Waals surface area contributed by atoms with Gasteiger partial charge in [0.2, 0.25) is 0 Å². The van der Waals surface area contributed by atoms with Crippen LogP contribution in [-0.2, 0) is 4.79 Å². The molecule has 1 N–H and O–H groups in total. The minimum absolute atomic E-state index is 0.148. The van der Waals surface area contributed by atoms with Crippen molar-refractivity contribution in [2.24, 2.45) is 0 Å². The molecule has 1 amide bonds. The molecule has 22 heavy (non-hydrogen) atoms. The number of carbonyl (C=O) groups is 1. The molecule has 118 valence electrons. The summed E-state index contributed by atoms with van der Waals surface area (Å²) in [5, 5.41) is 2.62. The molecule has 0 radical (unpaired) electrons. The number of thiocarbonyl (C=S) groups is 1. The van der Waals surface area contributed by atoms with Crippen molar-refractivity contribution < 1.29 is 9.53 Å². The first-order valence-corrected chi connectivity index (χ1v) is 8.58. The number of ether oxygens (including phenoxy) is 1. The molecule has 1 aromatic carbocycles. The summed E-state index contributed by atoms with van der Waals surface area (Å²) in [4.78, 5) is 14.6. The minimum Gasteiger partial charge on any atom is -0.493 e. The first kappa shape index (κ1) is 16.8. The highest BCUT2D eigenvalue weighted by atomic mass is 32.2. The van der Waals surface area contributed by atoms with E-state index in [4.69, 9.17) is 17.0 Å². The molecular formula is C16H20N2O2S2. The lowest BCUT2D eigenvalue weighted by Gasteiger charge is -2.22. The Morgan fingerprint density at radius 1 is 1.32 bits per heavy atom. The van der Waals surface area contributed by atoms with Crippen molar-refractivity contribution in [3.8, 4) is 5.75 Å². The number of carbonyl (C=O) groups excluding carboxylic acids is 1. The highest BCUT2D eigenvalue weighted by Gasteiger charge is 2.22. The molecule has 0 saturated carbocycles. The Labute approximate surface area is 140 Å². The normalized spacial score (nSPS) is 16.0. The van der Waals surface area contributed by atoms with Gasteiger partial charge < -0.3 is 15.0 Å². The summed E-state index contributed by atoms with van der Waals surface area (Å²) < 4.78 is 6.24. The predicted molar refractivity (Wildman–Crippen MR) is 97.5 cm³/mol. The molecule has 2 rings (SSSR count). The van der Waals surface area contributed by atoms with Crippen molar-refractivity contribution in [2.75, 3.05) is 24.6 Å². The molecule has 1 aliphatic rings. The van der Waals surface area contributed by atoms with Gasteiger partial charge in [0, 0.05) is 30.4 Å². The largest absolute Gasteiger partial charge is 0.493 e. The molecule has 4 nitrogen and oxygen atoms in total. The van der Waals surface area contributed by atoms with Gasteiger partial charge in [-0.25, -0.2) is 0 Å². The second kappa shape index (κ2) is 7.65. The van der Waals surface area contributed by atoms with Crippen molar-refractivity contribution in [1.29, 1.82) is 0 Å². The van der Waals surface area contributed by atoms with Gasteiger partial charge in [-0.05, 0) is 39.0 Å². The molecule has 0 aliphatic carbocycles. The zero-order valence-corrected chi connectivity index (χ0v) is 14.6. The van der Waals surface area contributed by atoms with Gasteiger partial charge in [0.05, 0.1) is 11.5 Å². The molecule has 1 aromatic rings. The lowest BCUT2D eigenvalue weighted by atomic mass is 10.1. The summed E-state index contributed by atoms with van der Waals surface area (Å²) in [7, 11) is 0. The number of rotatable bonds is 6. The molecule has 0 spiro atoms. The average Bonchev–Trinajstić information content (AvgIpc) is 2.81. The molecule has 0 unspecified atom stereocenters. The predicted octanol–water partition coefficient (Wildman–Crippen LogP) is 3.42. The molecule has 1 heterocycles. The summed E-state index contributed by atoms with van der Waals surface area (Å²) in [5.74, 6) is 0.635. The van der Waals surface area contributed by atoms with Crippen LogP contribution in [0, 0.1) is 0 Å². The molecular weight excluding hydrogens is 316 g/mol. The third-order valence-corrected chi connectivity index (χ3v) is 4.52. The molecule has 1 fully saturated rings. The monoisotopic (exact) mass is 336 g/mol. The second-order valence-corrected chi connectivity index (χ2v) is 6.40. The van der Waals surface area contributed by atoms with Gasteiger partial charge in [-0.15, -0.1) is 0 Å². The van der Waals surface area contributed by atoms with Gasteiger partial charge >= 0.3 is 0 Å². The Balaban J connectivity index is 2.37. The first-order valence-electron chi connectivity index (χ1n) is 7.35. The number of hydrogen-bond acceptors (Lipinski definition) is 5. The van der Waals surface area contributed by atoms with E-state index in [1.807, 2.05) is 25.1 Å². The van der Waals surface area contributed by atoms with Gasteiger partial charge in [0.15, 0.2) is 0 Å². The van der Waals surface area contributed by atoms with Crippen molar-refractivity contribution in [1.82, 2.24) is 5.32 Å². The van der Waals surface area contributed by atoms with Crippen molar-refractivity contribution in [3.63, 3.8) is 0 Å². The van der Waals surface area contributed by atoms with Crippen LogP contribution < -0.4 is 15.0 Å². The van der Waals surface area contributed by atoms with E-state index < -0.39 is 0 Å². The van der Waals surface area contributed by atoms with E-state index in [0.29, 0.717) is 15.8 Å². The molecule has 0 bridgehead atoms. The molecule has 1 saturated heterocycles. The number of hydrogen-bond donors (Lipinski definition) is 1. The van der Waals surface area contributed by atoms with Crippen molar-refractivity contribution in [2.45, 2.75) is 20.8 Å².